The summed E-state index contributed by atoms with van der Waals surface area (Å²) >= 11 is 5.71. The number of amides is 8. The second kappa shape index (κ2) is 68.5. The highest BCUT2D eigenvalue weighted by Gasteiger charge is 2.42. The number of nitrogens with two attached hydrogens (primary N) is 16. The molecule has 1 rings (SSSR count). The number of aliphatic imine (C=N–C) groups is 8. The van der Waals surface area contributed by atoms with Gasteiger partial charge in [0, 0.05) is 153 Å². The number of nitrogens with zero attached hydrogens (tertiary/aromatic N) is 9. The van der Waals surface area contributed by atoms with Crippen molar-refractivity contribution >= 4 is 154 Å². The van der Waals surface area contributed by atoms with Gasteiger partial charge in [0.15, 0.2) is 82.4 Å². The number of thioether (sulfide) groups is 1. The fourth-order valence-corrected chi connectivity index (χ4v) is 15.3. The monoisotopic (exact) mass is 1920 g/mol. The lowest BCUT2D eigenvalue weighted by molar-refractivity contribution is -0.143. The number of thiol groups is 1. The summed E-state index contributed by atoms with van der Waals surface area (Å²) in [5, 5.41) is 19.5. The van der Waals surface area contributed by atoms with Gasteiger partial charge in [-0.2, -0.15) is 24.4 Å². The molecule has 8 amide bonds. The highest BCUT2D eigenvalue weighted by atomic mass is 32.2. The number of rotatable bonds is 75. The van der Waals surface area contributed by atoms with Crippen LogP contribution in [0.2, 0.25) is 0 Å². The van der Waals surface area contributed by atoms with E-state index < -0.39 is 174 Å². The van der Waals surface area contributed by atoms with E-state index >= 15 is 33.6 Å². The van der Waals surface area contributed by atoms with E-state index in [1.165, 1.54) is 23.8 Å². The van der Waals surface area contributed by atoms with E-state index in [-0.39, 0.29) is 291 Å². The summed E-state index contributed by atoms with van der Waals surface area (Å²) in [4.78, 5) is 237. The smallest absolute Gasteiger partial charge is 0.245 e. The molecule has 0 spiro atoms. The quantitative estimate of drug-likeness (QED) is 0.0117. The summed E-state index contributed by atoms with van der Waals surface area (Å²) in [5.74, 6) is -16.2. The highest BCUT2D eigenvalue weighted by molar-refractivity contribution is 7.98. The number of likely N-dealkylation sites (tertiary alicyclic amines) is 1. The van der Waals surface area contributed by atoms with Crippen LogP contribution >= 0.6 is 24.4 Å². The summed E-state index contributed by atoms with van der Waals surface area (Å²) in [7, 11) is 1.49. The minimum absolute atomic E-state index is 0.00123. The Balaban J connectivity index is 4.15. The number of ketones is 6. The molecule has 0 saturated carbocycles. The first-order valence-electron chi connectivity index (χ1n) is 45.1. The SMILES string of the molecule is COCCOCCC(=O)N[C@H](CS)C(=O)C[C@H](CCCN=C(N)N)C(=O)N[C@H](CCCN=C(N)N)C(=O)C[C@H](CCCN=C(N)N)C(=O)N[C@H](CCCN=C(N)N)C(=O)C[C@H](CCCN=C(N)N)C(=O)N[C@H](CCCN=C(N)N)C(=O)C[C@H](CCCN=C(N)N)C(=O)N[C@H](CCCN=C(N)N)C(=O)N1CCC[C@H]1C(=O)N[C@@H](CC(C)C)C(=O)CCC(=O)N[C@@H](CSC)C(=O)CC(C)C. The molecule has 0 aromatic rings. The number of ether oxygens (including phenoxy) is 2. The van der Waals surface area contributed by atoms with Crippen molar-refractivity contribution in [2.24, 2.45) is 167 Å². The molecule has 754 valence electrons. The average Bonchev–Trinajstić information content (AvgIpc) is 1.71. The van der Waals surface area contributed by atoms with Crippen LogP contribution in [0.1, 0.15) is 201 Å². The minimum atomic E-state index is -1.46. The van der Waals surface area contributed by atoms with Gasteiger partial charge in [0.25, 0.3) is 0 Å². The fraction of sp³-hybridized carbons (Fsp3) is 0.735. The third kappa shape index (κ3) is 55.0. The molecular formula is C83H154N32O16S2. The van der Waals surface area contributed by atoms with Crippen LogP contribution in [-0.2, 0) is 76.6 Å². The van der Waals surface area contributed by atoms with Crippen LogP contribution in [0.3, 0.4) is 0 Å². The Morgan fingerprint density at radius 2 is 0.677 bits per heavy atom. The van der Waals surface area contributed by atoms with Gasteiger partial charge in [0.1, 0.15) is 12.1 Å². The molecule has 50 heteroatoms. The molecule has 133 heavy (non-hydrogen) atoms. The molecule has 0 aromatic carbocycles. The molecule has 1 fully saturated rings. The molecule has 0 bridgehead atoms. The Labute approximate surface area is 789 Å². The average molecular weight is 1920 g/mol. The van der Waals surface area contributed by atoms with Gasteiger partial charge in [-0.3, -0.25) is 107 Å². The van der Waals surface area contributed by atoms with Crippen LogP contribution in [0.15, 0.2) is 39.9 Å². The van der Waals surface area contributed by atoms with E-state index in [4.69, 9.17) is 101 Å². The van der Waals surface area contributed by atoms with Crippen LogP contribution in [-0.4, -0.2) is 286 Å². The zero-order valence-electron chi connectivity index (χ0n) is 78.2. The van der Waals surface area contributed by atoms with Crippen molar-refractivity contribution in [1.82, 2.24) is 42.1 Å². The summed E-state index contributed by atoms with van der Waals surface area (Å²) < 4.78 is 10.4. The number of hydrogen-bond donors (Lipinski definition) is 24. The van der Waals surface area contributed by atoms with Gasteiger partial charge >= 0.3 is 0 Å². The van der Waals surface area contributed by atoms with Crippen LogP contribution in [0.5, 0.6) is 0 Å². The first-order valence-corrected chi connectivity index (χ1v) is 47.1. The van der Waals surface area contributed by atoms with Crippen LogP contribution in [0.25, 0.3) is 0 Å². The molecule has 12 atom stereocenters. The molecule has 1 aliphatic rings. The van der Waals surface area contributed by atoms with Gasteiger partial charge < -0.3 is 143 Å². The Morgan fingerprint density at radius 1 is 0.361 bits per heavy atom. The maximum atomic E-state index is 15.3. The molecule has 0 aromatic heterocycles. The number of guanidine groups is 8. The van der Waals surface area contributed by atoms with Gasteiger partial charge in [-0.15, -0.1) is 0 Å². The topological polar surface area (TPSA) is 860 Å². The van der Waals surface area contributed by atoms with Crippen LogP contribution in [0.4, 0.5) is 0 Å². The predicted octanol–water partition coefficient (Wildman–Crippen LogP) is -5.54. The van der Waals surface area contributed by atoms with Gasteiger partial charge in [-0.1, -0.05) is 27.7 Å². The van der Waals surface area contributed by atoms with E-state index in [0.29, 0.717) is 12.2 Å². The normalized spacial score (nSPS) is 14.7. The third-order valence-electron chi connectivity index (χ3n) is 21.1. The van der Waals surface area contributed by atoms with Crippen molar-refractivity contribution in [3.8, 4) is 0 Å². The lowest BCUT2D eigenvalue weighted by Crippen LogP contribution is -2.56. The first-order chi connectivity index (χ1) is 62.9. The summed E-state index contributed by atoms with van der Waals surface area (Å²) in [6, 6.07) is -9.82. The molecule has 0 radical (unpaired) electrons. The van der Waals surface area contributed by atoms with Crippen molar-refractivity contribution < 1.29 is 76.6 Å². The van der Waals surface area contributed by atoms with E-state index in [9.17, 15) is 33.6 Å². The zero-order chi connectivity index (χ0) is 100. The Hall–Kier alpha value is -11.4. The number of Topliss-reactive ketones (excluding diaryl/α,β-unsaturated/α-hetero) is 6. The summed E-state index contributed by atoms with van der Waals surface area (Å²) in [6.07, 6.45) is -0.396. The fourth-order valence-electron chi connectivity index (χ4n) is 14.4. The summed E-state index contributed by atoms with van der Waals surface area (Å²) in [6.45, 7) is 7.83. The largest absolute Gasteiger partial charge is 0.382 e. The van der Waals surface area contributed by atoms with E-state index in [2.05, 4.69) is 89.8 Å². The second-order valence-electron chi connectivity index (χ2n) is 33.4. The summed E-state index contributed by atoms with van der Waals surface area (Å²) in [5.41, 5.74) is 91.0. The molecule has 48 nitrogen and oxygen atoms in total. The van der Waals surface area contributed by atoms with Crippen molar-refractivity contribution in [2.75, 3.05) is 104 Å². The maximum Gasteiger partial charge on any atom is 0.245 e. The van der Waals surface area contributed by atoms with Gasteiger partial charge in [-0.05, 0) is 140 Å². The second-order valence-corrected chi connectivity index (χ2v) is 34.7. The van der Waals surface area contributed by atoms with Gasteiger partial charge in [0.05, 0.1) is 56.1 Å². The van der Waals surface area contributed by atoms with Crippen LogP contribution < -0.4 is 129 Å². The minimum Gasteiger partial charge on any atom is -0.382 e. The van der Waals surface area contributed by atoms with Crippen molar-refractivity contribution in [2.45, 2.75) is 249 Å². The maximum absolute atomic E-state index is 15.3. The third-order valence-corrected chi connectivity index (χ3v) is 22.2. The number of methoxy groups -OCH3 is 1. The van der Waals surface area contributed by atoms with Crippen LogP contribution in [0, 0.1) is 35.5 Å². The number of nitrogens with one attached hydrogen (secondary N) is 7. The van der Waals surface area contributed by atoms with Crippen molar-refractivity contribution in [1.29, 1.82) is 0 Å². The Kier molecular flexibility index (Phi) is 61.6. The first kappa shape index (κ1) is 120. The molecular weight excluding hydrogens is 1770 g/mol. The Morgan fingerprint density at radius 3 is 1.00 bits per heavy atom. The molecule has 0 unspecified atom stereocenters. The molecule has 1 aliphatic heterocycles. The lowest BCUT2D eigenvalue weighted by atomic mass is 9.88. The predicted molar refractivity (Wildman–Crippen MR) is 518 cm³/mol. The van der Waals surface area contributed by atoms with Crippen molar-refractivity contribution in [3.05, 3.63) is 0 Å². The molecule has 1 heterocycles. The Bertz CT molecular complexity index is 3910. The van der Waals surface area contributed by atoms with E-state index in [1.54, 1.807) is 0 Å². The lowest BCUT2D eigenvalue weighted by Gasteiger charge is -2.31. The molecule has 1 saturated heterocycles. The highest BCUT2D eigenvalue weighted by Crippen LogP contribution is 2.26. The number of hydrogen-bond acceptors (Lipinski definition) is 26. The van der Waals surface area contributed by atoms with Gasteiger partial charge in [0.2, 0.25) is 47.3 Å². The molecule has 39 N–H and O–H groups in total. The van der Waals surface area contributed by atoms with E-state index in [1.807, 2.05) is 34.0 Å². The van der Waals surface area contributed by atoms with Crippen molar-refractivity contribution in [3.63, 3.8) is 0 Å². The number of carbonyl (C=O) groups is 14. The zero-order valence-corrected chi connectivity index (χ0v) is 79.9. The standard InChI is InChI=1S/C83H154N32O16S2/c1-48(2)40-58(62(116)25-26-68(122)109-60(47-133-6)63(117)41-49(3)4)114-74(128)61-24-15-36-115(61)75(129)57(23-14-35-107-83(98)99)113-73(127)52(18-9-30-102-78(88)89)44-66(120)56(22-13-34-106-82(96)97)111-71(125)50(16-7-28-100-76(84)85)42-64(118)54(20-11-32-104-80(92)93)110-70(124)51(17-8-29-101-77(86)87)43-65(119)55(21-12-33-105-81(94)95)112-72(126)53(19-10-31-103-79(90)91)45-67(121)59(46-132)108-69(123)27-37-131-39-38-130-5/h48-61,132H,7-47H2,1-6H3,(H,108,123)(H,109,122)(H,110,124)(H,111,125)(H,112,126)(H,113,127)(H,114,128)(H4,84,85,100)(H4,86,87,101)(H4,88,89,102)(H4,90,91,103)(H4,92,93,104)(H4,94,95,105)(H4,96,97,106)(H4,98,99,107)/t50-,51-,52-,53-,54+,55+,56+,57+,58-,59+,60-,61-/m0/s1. The van der Waals surface area contributed by atoms with E-state index in [0.717, 1.165) is 0 Å². The number of carbonyl (C=O) groups excluding carboxylic acids is 14. The van der Waals surface area contributed by atoms with Gasteiger partial charge in [-0.25, -0.2) is 0 Å². The molecule has 0 aliphatic carbocycles.